The predicted molar refractivity (Wildman–Crippen MR) is 87.5 cm³/mol. The summed E-state index contributed by atoms with van der Waals surface area (Å²) in [6, 6.07) is 10.9. The molecule has 2 aromatic rings. The molecule has 2 N–H and O–H groups in total. The van der Waals surface area contributed by atoms with Gasteiger partial charge in [-0.05, 0) is 42.7 Å². The lowest BCUT2D eigenvalue weighted by Crippen LogP contribution is -2.21. The van der Waals surface area contributed by atoms with Crippen LogP contribution in [-0.2, 0) is 17.8 Å². The fourth-order valence-electron chi connectivity index (χ4n) is 1.97. The van der Waals surface area contributed by atoms with Gasteiger partial charge in [-0.25, -0.2) is 4.79 Å². The zero-order chi connectivity index (χ0) is 15.9. The SMILES string of the molecule is O=C(CCCc1ccc(Cl)cc1)NCc1ccc(C(=O)O)s1. The van der Waals surface area contributed by atoms with Crippen molar-refractivity contribution in [2.24, 2.45) is 0 Å². The minimum atomic E-state index is -0.939. The molecule has 0 bridgehead atoms. The Morgan fingerprint density at radius 2 is 1.86 bits per heavy atom. The molecule has 0 saturated carbocycles. The van der Waals surface area contributed by atoms with E-state index in [4.69, 9.17) is 16.7 Å². The molecule has 0 spiro atoms. The molecule has 0 fully saturated rings. The maximum absolute atomic E-state index is 11.8. The number of aryl methyl sites for hydroxylation is 1. The largest absolute Gasteiger partial charge is 0.477 e. The topological polar surface area (TPSA) is 66.4 Å². The summed E-state index contributed by atoms with van der Waals surface area (Å²) < 4.78 is 0. The summed E-state index contributed by atoms with van der Waals surface area (Å²) in [5.74, 6) is -0.968. The molecule has 0 radical (unpaired) electrons. The number of hydrogen-bond donors (Lipinski definition) is 2. The Morgan fingerprint density at radius 1 is 1.14 bits per heavy atom. The normalized spacial score (nSPS) is 10.4. The highest BCUT2D eigenvalue weighted by Crippen LogP contribution is 2.16. The number of carbonyl (C=O) groups excluding carboxylic acids is 1. The Morgan fingerprint density at radius 3 is 2.50 bits per heavy atom. The monoisotopic (exact) mass is 337 g/mol. The van der Waals surface area contributed by atoms with Gasteiger partial charge in [0.25, 0.3) is 0 Å². The minimum Gasteiger partial charge on any atom is -0.477 e. The zero-order valence-corrected chi connectivity index (χ0v) is 13.4. The molecule has 1 heterocycles. The van der Waals surface area contributed by atoms with Gasteiger partial charge in [-0.2, -0.15) is 0 Å². The molecule has 1 amide bonds. The standard InChI is InChI=1S/C16H16ClNO3S/c17-12-6-4-11(5-7-12)2-1-3-15(19)18-10-13-8-9-14(22-13)16(20)21/h4-9H,1-3,10H2,(H,18,19)(H,20,21). The van der Waals surface area contributed by atoms with E-state index in [-0.39, 0.29) is 10.8 Å². The van der Waals surface area contributed by atoms with Crippen LogP contribution in [0, 0.1) is 0 Å². The molecule has 0 saturated heterocycles. The number of hydrogen-bond acceptors (Lipinski definition) is 3. The van der Waals surface area contributed by atoms with E-state index < -0.39 is 5.97 Å². The number of rotatable bonds is 7. The van der Waals surface area contributed by atoms with E-state index in [0.717, 1.165) is 23.3 Å². The first-order valence-electron chi connectivity index (χ1n) is 6.88. The van der Waals surface area contributed by atoms with Crippen molar-refractivity contribution in [2.45, 2.75) is 25.8 Å². The van der Waals surface area contributed by atoms with E-state index in [1.807, 2.05) is 24.3 Å². The molecule has 22 heavy (non-hydrogen) atoms. The number of amides is 1. The van der Waals surface area contributed by atoms with Crippen LogP contribution in [0.15, 0.2) is 36.4 Å². The van der Waals surface area contributed by atoms with Crippen LogP contribution in [0.2, 0.25) is 5.02 Å². The first-order chi connectivity index (χ1) is 10.5. The first kappa shape index (κ1) is 16.5. The summed E-state index contributed by atoms with van der Waals surface area (Å²) in [4.78, 5) is 23.6. The van der Waals surface area contributed by atoms with Crippen LogP contribution in [0.4, 0.5) is 0 Å². The van der Waals surface area contributed by atoms with E-state index in [2.05, 4.69) is 5.32 Å². The summed E-state index contributed by atoms with van der Waals surface area (Å²) in [5.41, 5.74) is 1.15. The second kappa shape index (κ2) is 7.96. The van der Waals surface area contributed by atoms with Crippen molar-refractivity contribution in [1.29, 1.82) is 0 Å². The summed E-state index contributed by atoms with van der Waals surface area (Å²) in [5, 5.41) is 12.3. The molecule has 0 atom stereocenters. The summed E-state index contributed by atoms with van der Waals surface area (Å²) in [6.45, 7) is 0.373. The Kier molecular flexibility index (Phi) is 5.98. The smallest absolute Gasteiger partial charge is 0.345 e. The van der Waals surface area contributed by atoms with E-state index in [0.29, 0.717) is 18.0 Å². The Labute approximate surface area is 137 Å². The van der Waals surface area contributed by atoms with Crippen molar-refractivity contribution in [3.05, 3.63) is 56.7 Å². The molecule has 2 rings (SSSR count). The lowest BCUT2D eigenvalue weighted by molar-refractivity contribution is -0.121. The van der Waals surface area contributed by atoms with Crippen molar-refractivity contribution in [1.82, 2.24) is 5.32 Å². The molecule has 1 aromatic heterocycles. The maximum Gasteiger partial charge on any atom is 0.345 e. The van der Waals surface area contributed by atoms with Gasteiger partial charge in [0, 0.05) is 16.3 Å². The summed E-state index contributed by atoms with van der Waals surface area (Å²) >= 11 is 7.00. The van der Waals surface area contributed by atoms with Gasteiger partial charge in [0.15, 0.2) is 0 Å². The fourth-order valence-corrected chi connectivity index (χ4v) is 2.88. The van der Waals surface area contributed by atoms with Gasteiger partial charge in [-0.1, -0.05) is 23.7 Å². The number of aromatic carboxylic acids is 1. The number of thiophene rings is 1. The molecular formula is C16H16ClNO3S. The lowest BCUT2D eigenvalue weighted by atomic mass is 10.1. The highest BCUT2D eigenvalue weighted by molar-refractivity contribution is 7.13. The van der Waals surface area contributed by atoms with E-state index >= 15 is 0 Å². The van der Waals surface area contributed by atoms with Crippen LogP contribution in [-0.4, -0.2) is 17.0 Å². The average molecular weight is 338 g/mol. The van der Waals surface area contributed by atoms with Gasteiger partial charge < -0.3 is 10.4 Å². The third-order valence-electron chi connectivity index (χ3n) is 3.11. The zero-order valence-electron chi connectivity index (χ0n) is 11.8. The summed E-state index contributed by atoms with van der Waals surface area (Å²) in [7, 11) is 0. The number of carboxylic acids is 1. The highest BCUT2D eigenvalue weighted by atomic mass is 35.5. The minimum absolute atomic E-state index is 0.0285. The molecule has 0 aliphatic heterocycles. The van der Waals surface area contributed by atoms with Crippen LogP contribution >= 0.6 is 22.9 Å². The molecule has 0 unspecified atom stereocenters. The number of carbonyl (C=O) groups is 2. The quantitative estimate of drug-likeness (QED) is 0.808. The predicted octanol–water partition coefficient (Wildman–Crippen LogP) is 3.74. The molecule has 0 aliphatic carbocycles. The van der Waals surface area contributed by atoms with Crippen molar-refractivity contribution in [2.75, 3.05) is 0 Å². The highest BCUT2D eigenvalue weighted by Gasteiger charge is 2.08. The number of halogens is 1. The molecule has 1 aromatic carbocycles. The van der Waals surface area contributed by atoms with Crippen molar-refractivity contribution < 1.29 is 14.7 Å². The van der Waals surface area contributed by atoms with Crippen molar-refractivity contribution in [3.63, 3.8) is 0 Å². The Bertz CT molecular complexity index is 652. The van der Waals surface area contributed by atoms with E-state index in [9.17, 15) is 9.59 Å². The number of carboxylic acid groups (broad SMARTS) is 1. The van der Waals surface area contributed by atoms with Crippen molar-refractivity contribution in [3.8, 4) is 0 Å². The van der Waals surface area contributed by atoms with E-state index in [1.54, 1.807) is 12.1 Å². The Balaban J connectivity index is 1.69. The molecule has 4 nitrogen and oxygen atoms in total. The third-order valence-corrected chi connectivity index (χ3v) is 4.44. The van der Waals surface area contributed by atoms with Crippen molar-refractivity contribution >= 4 is 34.8 Å². The third kappa shape index (κ3) is 5.16. The average Bonchev–Trinajstić information content (AvgIpc) is 2.96. The second-order valence-corrected chi connectivity index (χ2v) is 6.43. The molecule has 0 aliphatic rings. The van der Waals surface area contributed by atoms with Gasteiger partial charge in [-0.15, -0.1) is 11.3 Å². The van der Waals surface area contributed by atoms with Gasteiger partial charge in [0.2, 0.25) is 5.91 Å². The van der Waals surface area contributed by atoms with Gasteiger partial charge >= 0.3 is 5.97 Å². The summed E-state index contributed by atoms with van der Waals surface area (Å²) in [6.07, 6.45) is 2.03. The van der Waals surface area contributed by atoms with E-state index in [1.165, 1.54) is 11.3 Å². The fraction of sp³-hybridized carbons (Fsp3) is 0.250. The second-order valence-electron chi connectivity index (χ2n) is 4.83. The lowest BCUT2D eigenvalue weighted by Gasteiger charge is -2.04. The molecule has 6 heteroatoms. The first-order valence-corrected chi connectivity index (χ1v) is 8.07. The number of nitrogens with one attached hydrogen (secondary N) is 1. The molecule has 116 valence electrons. The maximum atomic E-state index is 11.8. The van der Waals surface area contributed by atoms with Gasteiger partial charge in [0.1, 0.15) is 4.88 Å². The van der Waals surface area contributed by atoms with Gasteiger partial charge in [0.05, 0.1) is 6.54 Å². The van der Waals surface area contributed by atoms with Crippen LogP contribution < -0.4 is 5.32 Å². The van der Waals surface area contributed by atoms with Crippen LogP contribution in [0.5, 0.6) is 0 Å². The number of benzene rings is 1. The van der Waals surface area contributed by atoms with Crippen LogP contribution in [0.25, 0.3) is 0 Å². The molecular weight excluding hydrogens is 322 g/mol. The van der Waals surface area contributed by atoms with Crippen LogP contribution in [0.3, 0.4) is 0 Å². The van der Waals surface area contributed by atoms with Gasteiger partial charge in [-0.3, -0.25) is 4.79 Å². The Hall–Kier alpha value is -1.85. The van der Waals surface area contributed by atoms with Crippen LogP contribution in [0.1, 0.15) is 33.0 Å².